The van der Waals surface area contributed by atoms with Crippen LogP contribution in [0.25, 0.3) is 44.5 Å². The van der Waals surface area contributed by atoms with Crippen LogP contribution in [0.1, 0.15) is 371 Å². The third-order valence-electron chi connectivity index (χ3n) is 35.8. The van der Waals surface area contributed by atoms with Crippen molar-refractivity contribution < 1.29 is 65.4 Å². The van der Waals surface area contributed by atoms with E-state index in [9.17, 15) is 9.90 Å². The normalized spacial score (nSPS) is 20.5. The molecule has 794 valence electrons. The highest BCUT2D eigenvalue weighted by atomic mass is 19.1. The number of hydrogen-bond donors (Lipinski definition) is 1. The number of carboxylic acid groups (broad SMARTS) is 1. The van der Waals surface area contributed by atoms with Gasteiger partial charge in [0.2, 0.25) is 0 Å². The smallest absolute Gasteiger partial charge is 0.309 e. The van der Waals surface area contributed by atoms with Gasteiger partial charge in [-0.05, 0) is 429 Å². The minimum absolute atomic E-state index is 0.0400. The van der Waals surface area contributed by atoms with Crippen LogP contribution in [0.3, 0.4) is 0 Å². The molecule has 8 aliphatic rings. The summed E-state index contributed by atoms with van der Waals surface area (Å²) in [6, 6.07) is 71.4. The van der Waals surface area contributed by atoms with Crippen LogP contribution in [0.5, 0.6) is 46.0 Å². The number of aliphatic carboxylic acids is 1. The molecule has 8 atom stereocenters. The van der Waals surface area contributed by atoms with Crippen molar-refractivity contribution in [2.75, 3.05) is 28.4 Å². The predicted octanol–water partition coefficient (Wildman–Crippen LogP) is 36.9. The molecule has 0 amide bonds. The van der Waals surface area contributed by atoms with Gasteiger partial charge in [-0.25, -0.2) is 17.6 Å². The Labute approximate surface area is 892 Å². The quantitative estimate of drug-likeness (QED) is 0.0526. The Morgan fingerprint density at radius 1 is 0.267 bits per heavy atom. The molecule has 0 aliphatic heterocycles. The van der Waals surface area contributed by atoms with Crippen molar-refractivity contribution >= 4 is 5.97 Å². The Balaban J connectivity index is 0.000000136. The van der Waals surface area contributed by atoms with Crippen LogP contribution in [-0.2, 0) is 56.9 Å². The first-order valence-electron chi connectivity index (χ1n) is 55.3. The molecule has 0 bridgehead atoms. The lowest BCUT2D eigenvalue weighted by atomic mass is 9.75. The molecule has 12 aromatic carbocycles. The molecule has 14 heteroatoms. The topological polar surface area (TPSA) is 111 Å². The number of carboxylic acids is 1. The van der Waals surface area contributed by atoms with Crippen LogP contribution in [-0.4, -0.2) is 39.5 Å². The van der Waals surface area contributed by atoms with Gasteiger partial charge in [-0.2, -0.15) is 0 Å². The highest BCUT2D eigenvalue weighted by molar-refractivity contribution is 5.77. The number of ether oxygens (including phenoxy) is 8. The van der Waals surface area contributed by atoms with E-state index in [2.05, 4.69) is 239 Å². The maximum atomic E-state index is 15.1. The molecule has 0 unspecified atom stereocenters. The van der Waals surface area contributed by atoms with Gasteiger partial charge in [0, 0.05) is 28.2 Å². The lowest BCUT2D eigenvalue weighted by Crippen LogP contribution is -2.30. The van der Waals surface area contributed by atoms with Gasteiger partial charge < -0.3 is 43.0 Å². The number of fused-ring (bicyclic) bond motifs is 4. The molecule has 0 radical (unpaired) electrons. The zero-order valence-corrected chi connectivity index (χ0v) is 93.5. The second-order valence-corrected chi connectivity index (χ2v) is 50.9. The molecule has 20 rings (SSSR count). The number of hydrogen-bond acceptors (Lipinski definition) is 9. The number of methoxy groups -OCH3 is 4. The molecule has 0 spiro atoms. The Morgan fingerprint density at radius 2 is 0.480 bits per heavy atom. The lowest BCUT2D eigenvalue weighted by molar-refractivity contribution is -0.148. The summed E-state index contributed by atoms with van der Waals surface area (Å²) in [6.07, 6.45) is 22.7. The van der Waals surface area contributed by atoms with Crippen molar-refractivity contribution in [3.63, 3.8) is 0 Å². The van der Waals surface area contributed by atoms with E-state index in [4.69, 9.17) is 37.9 Å². The first-order valence-corrected chi connectivity index (χ1v) is 55.3. The maximum Gasteiger partial charge on any atom is 0.309 e. The number of halogens is 4. The highest BCUT2D eigenvalue weighted by Crippen LogP contribution is 2.59. The SMILES string of the molecule is COc1ccc(F)c(-c2ccc(COc3ccc4c(c3)[C@@H](C(C)(C)C(=O)O)CC4)cc2[C@@H]2CCCC2(C)C)c1.COc1ccc(F)c(-c2ccc(COc3ccc4c(c3)[C@@H](C(C)(C)C)CC4)cc2[C@H]2CCCC2(C)C)c1.COc1ccc(F)c(-c2ccc(COc3ccc4c(c3)[C@H](C(C)(C)C)CC4)cc2[C@@H]2CCCC2(C)C)c1.COc1ccc(F)c(-c2ccc(COc3ccc4c(c3)[C@H](C(C)(C)C)CC4)cc2[C@H]2CCCC2(C)C)c1. The Kier molecular flexibility index (Phi) is 32.5. The third kappa shape index (κ3) is 24.0. The van der Waals surface area contributed by atoms with Gasteiger partial charge in [0.25, 0.3) is 0 Å². The first kappa shape index (κ1) is 109. The fraction of sp³-hybridized carbons (Fsp3) is 0.463. The van der Waals surface area contributed by atoms with E-state index < -0.39 is 11.4 Å². The van der Waals surface area contributed by atoms with Gasteiger partial charge in [-0.1, -0.05) is 240 Å². The summed E-state index contributed by atoms with van der Waals surface area (Å²) in [7, 11) is 6.48. The van der Waals surface area contributed by atoms with Crippen LogP contribution >= 0.6 is 0 Å². The lowest BCUT2D eigenvalue weighted by Gasteiger charge is -2.30. The van der Waals surface area contributed by atoms with E-state index in [0.29, 0.717) is 113 Å². The number of rotatable bonds is 26. The van der Waals surface area contributed by atoms with Crippen LogP contribution in [0.15, 0.2) is 218 Å². The summed E-state index contributed by atoms with van der Waals surface area (Å²) >= 11 is 0. The molecule has 0 saturated heterocycles. The molecular weight excluding hydrogens is 1870 g/mol. The zero-order valence-electron chi connectivity index (χ0n) is 93.5. The molecule has 4 saturated carbocycles. The summed E-state index contributed by atoms with van der Waals surface area (Å²) in [5.74, 6) is 7.62. The molecular formula is C136H162F4O10. The van der Waals surface area contributed by atoms with E-state index in [0.717, 1.165) is 149 Å². The van der Waals surface area contributed by atoms with Gasteiger partial charge in [0.1, 0.15) is 95.7 Å². The molecule has 1 N–H and O–H groups in total. The van der Waals surface area contributed by atoms with E-state index in [1.807, 2.05) is 42.5 Å². The van der Waals surface area contributed by atoms with Gasteiger partial charge in [0.15, 0.2) is 0 Å². The van der Waals surface area contributed by atoms with Crippen LogP contribution in [0.4, 0.5) is 17.6 Å². The molecule has 8 aliphatic carbocycles. The Morgan fingerprint density at radius 3 is 0.680 bits per heavy atom. The average molecular weight is 2030 g/mol. The fourth-order valence-electron chi connectivity index (χ4n) is 26.9. The minimum atomic E-state index is -0.835. The van der Waals surface area contributed by atoms with E-state index in [1.54, 1.807) is 72.6 Å². The monoisotopic (exact) mass is 2030 g/mol. The number of carbonyl (C=O) groups is 1. The minimum Gasteiger partial charge on any atom is -0.497 e. The molecule has 0 heterocycles. The van der Waals surface area contributed by atoms with Crippen molar-refractivity contribution in [2.45, 2.75) is 334 Å². The van der Waals surface area contributed by atoms with Crippen molar-refractivity contribution in [1.29, 1.82) is 0 Å². The molecule has 12 aromatic rings. The second kappa shape index (κ2) is 44.5. The van der Waals surface area contributed by atoms with Crippen LogP contribution < -0.4 is 37.9 Å². The summed E-state index contributed by atoms with van der Waals surface area (Å²) in [4.78, 5) is 11.9. The average Bonchev–Trinajstić information content (AvgIpc) is 1.49. The van der Waals surface area contributed by atoms with Crippen molar-refractivity contribution in [2.24, 2.45) is 43.3 Å². The summed E-state index contributed by atoms with van der Waals surface area (Å²) < 4.78 is 107. The van der Waals surface area contributed by atoms with Gasteiger partial charge in [0.05, 0.1) is 33.9 Å². The first-order chi connectivity index (χ1) is 71.2. The third-order valence-corrected chi connectivity index (χ3v) is 35.8. The molecule has 10 nitrogen and oxygen atoms in total. The maximum absolute atomic E-state index is 15.1. The van der Waals surface area contributed by atoms with Crippen molar-refractivity contribution in [3.8, 4) is 90.5 Å². The van der Waals surface area contributed by atoms with Crippen LogP contribution in [0, 0.1) is 66.6 Å². The molecule has 0 aromatic heterocycles. The molecule has 4 fully saturated rings. The standard InChI is InChI=1S/C34H39FO4.3C34H41FO2/c1-33(2)16-6-7-29(33)27-17-21(8-13-25(27)28-18-23(38-5)12-15-31(28)35)20-39-24-11-9-22-10-14-30(26(22)19-24)34(3,4)32(36)37;3*1-33(2,3)30-15-11-23-10-12-25(20-27(23)30)37-21-22-9-14-26(29-19-24(36-6)13-16-32(29)35)28(18-22)31-8-7-17-34(31,4)5/h8-9,11-13,15,17-19,29-30H,6-7,10,14,16,20H2,1-5H3,(H,36,37);3*9-10,12-14,16,18-20,30-31H,7-8,11,15,17,21H2,1-6H3/t29-,30-;2*30-,31+;30-,31-/m0101/s1. The van der Waals surface area contributed by atoms with E-state index in [-0.39, 0.29) is 67.1 Å². The van der Waals surface area contributed by atoms with Gasteiger partial charge in [-0.3, -0.25) is 4.79 Å². The fourth-order valence-corrected chi connectivity index (χ4v) is 26.9. The second-order valence-electron chi connectivity index (χ2n) is 50.9. The Bertz CT molecular complexity index is 6390. The van der Waals surface area contributed by atoms with E-state index >= 15 is 17.6 Å². The van der Waals surface area contributed by atoms with E-state index in [1.165, 1.54) is 138 Å². The predicted molar refractivity (Wildman–Crippen MR) is 602 cm³/mol. The highest BCUT2D eigenvalue weighted by Gasteiger charge is 2.46. The number of aryl methyl sites for hydroxylation is 4. The van der Waals surface area contributed by atoms with Gasteiger partial charge >= 0.3 is 5.97 Å². The van der Waals surface area contributed by atoms with Crippen molar-refractivity contribution in [3.05, 3.63) is 331 Å². The summed E-state index contributed by atoms with van der Waals surface area (Å²) in [5.41, 5.74) is 27.0. The number of benzene rings is 12. The van der Waals surface area contributed by atoms with Crippen LogP contribution in [0.2, 0.25) is 0 Å². The Hall–Kier alpha value is -11.8. The summed E-state index contributed by atoms with van der Waals surface area (Å²) in [5, 5.41) is 9.79. The molecule has 150 heavy (non-hydrogen) atoms. The van der Waals surface area contributed by atoms with Gasteiger partial charge in [-0.15, -0.1) is 0 Å². The summed E-state index contributed by atoms with van der Waals surface area (Å²) in [6.45, 7) is 45.2. The van der Waals surface area contributed by atoms with Crippen molar-refractivity contribution in [1.82, 2.24) is 0 Å². The largest absolute Gasteiger partial charge is 0.497 e. The zero-order chi connectivity index (χ0) is 107.